The maximum atomic E-state index is 12.8. The Labute approximate surface area is 184 Å². The Morgan fingerprint density at radius 2 is 2.00 bits per heavy atom. The third-order valence-electron chi connectivity index (χ3n) is 6.78. The summed E-state index contributed by atoms with van der Waals surface area (Å²) in [7, 11) is 1.89. The minimum Gasteiger partial charge on any atom is -0.344 e. The number of likely N-dealkylation sites (N-methyl/N-ethyl adjacent to an activating group) is 1. The summed E-state index contributed by atoms with van der Waals surface area (Å²) in [6, 6.07) is 12.1. The molecule has 1 amide bonds. The molecule has 2 aliphatic rings. The predicted octanol–water partition coefficient (Wildman–Crippen LogP) is 3.02. The SMILES string of the molecule is CC(CN(C)C(=O)CN1CCC(c2cc(=O)n3c(n2)CCCCC3)C1)c1ccccc1. The number of fused-ring (bicyclic) bond motifs is 1. The number of benzene rings is 1. The number of nitrogens with zero attached hydrogens (tertiary/aromatic N) is 4. The highest BCUT2D eigenvalue weighted by molar-refractivity contribution is 5.78. The van der Waals surface area contributed by atoms with Crippen molar-refractivity contribution in [1.29, 1.82) is 0 Å². The Hall–Kier alpha value is -2.47. The molecule has 3 heterocycles. The van der Waals surface area contributed by atoms with E-state index in [0.717, 1.165) is 63.3 Å². The number of carbonyl (C=O) groups excluding carboxylic acids is 1. The number of carbonyl (C=O) groups is 1. The molecule has 1 aromatic heterocycles. The summed E-state index contributed by atoms with van der Waals surface area (Å²) in [4.78, 5) is 34.4. The molecular weight excluding hydrogens is 388 g/mol. The average Bonchev–Trinajstić information content (AvgIpc) is 3.10. The van der Waals surface area contributed by atoms with Gasteiger partial charge in [-0.3, -0.25) is 19.1 Å². The van der Waals surface area contributed by atoms with E-state index in [4.69, 9.17) is 4.98 Å². The molecule has 6 nitrogen and oxygen atoms in total. The Balaban J connectivity index is 1.34. The number of rotatable bonds is 6. The first-order chi connectivity index (χ1) is 15.0. The molecule has 0 radical (unpaired) electrons. The molecule has 1 fully saturated rings. The van der Waals surface area contributed by atoms with Crippen LogP contribution in [0.3, 0.4) is 0 Å². The molecule has 0 N–H and O–H groups in total. The highest BCUT2D eigenvalue weighted by atomic mass is 16.2. The topological polar surface area (TPSA) is 58.4 Å². The number of hydrogen-bond donors (Lipinski definition) is 0. The van der Waals surface area contributed by atoms with Crippen molar-refractivity contribution < 1.29 is 4.79 Å². The van der Waals surface area contributed by atoms with Crippen LogP contribution < -0.4 is 5.56 Å². The van der Waals surface area contributed by atoms with E-state index in [1.54, 1.807) is 6.07 Å². The van der Waals surface area contributed by atoms with Gasteiger partial charge in [0.05, 0.1) is 12.2 Å². The van der Waals surface area contributed by atoms with Crippen LogP contribution in [0, 0.1) is 0 Å². The summed E-state index contributed by atoms with van der Waals surface area (Å²) < 4.78 is 1.86. The van der Waals surface area contributed by atoms with Gasteiger partial charge in [0.15, 0.2) is 0 Å². The fraction of sp³-hybridized carbons (Fsp3) is 0.560. The molecule has 4 rings (SSSR count). The second-order valence-electron chi connectivity index (χ2n) is 9.20. The van der Waals surface area contributed by atoms with Crippen molar-refractivity contribution in [2.45, 2.75) is 57.4 Å². The van der Waals surface area contributed by atoms with Gasteiger partial charge in [-0.1, -0.05) is 43.7 Å². The van der Waals surface area contributed by atoms with Crippen molar-refractivity contribution >= 4 is 5.91 Å². The Bertz CT molecular complexity index is 956. The fourth-order valence-corrected chi connectivity index (χ4v) is 4.87. The van der Waals surface area contributed by atoms with E-state index in [2.05, 4.69) is 24.0 Å². The molecular formula is C25H34N4O2. The van der Waals surface area contributed by atoms with E-state index >= 15 is 0 Å². The highest BCUT2D eigenvalue weighted by Gasteiger charge is 2.28. The molecule has 1 aromatic carbocycles. The molecule has 0 spiro atoms. The van der Waals surface area contributed by atoms with Crippen LogP contribution in [0.4, 0.5) is 0 Å². The maximum absolute atomic E-state index is 12.8. The lowest BCUT2D eigenvalue weighted by Crippen LogP contribution is -2.39. The highest BCUT2D eigenvalue weighted by Crippen LogP contribution is 2.26. The second-order valence-corrected chi connectivity index (χ2v) is 9.20. The van der Waals surface area contributed by atoms with Crippen molar-refractivity contribution in [3.05, 3.63) is 63.8 Å². The molecule has 31 heavy (non-hydrogen) atoms. The molecule has 0 saturated carbocycles. The molecule has 2 atom stereocenters. The molecule has 2 aliphatic heterocycles. The van der Waals surface area contributed by atoms with Gasteiger partial charge in [-0.05, 0) is 37.3 Å². The van der Waals surface area contributed by atoms with Gasteiger partial charge in [0.1, 0.15) is 5.82 Å². The zero-order valence-corrected chi connectivity index (χ0v) is 18.8. The van der Waals surface area contributed by atoms with Gasteiger partial charge in [0.25, 0.3) is 5.56 Å². The Kier molecular flexibility index (Phi) is 6.86. The minimum atomic E-state index is 0.0889. The number of amides is 1. The zero-order chi connectivity index (χ0) is 21.8. The van der Waals surface area contributed by atoms with E-state index in [0.29, 0.717) is 19.0 Å². The van der Waals surface area contributed by atoms with E-state index in [1.807, 2.05) is 34.7 Å². The van der Waals surface area contributed by atoms with Gasteiger partial charge in [-0.15, -0.1) is 0 Å². The summed E-state index contributed by atoms with van der Waals surface area (Å²) in [6.07, 6.45) is 5.17. The van der Waals surface area contributed by atoms with E-state index in [9.17, 15) is 9.59 Å². The van der Waals surface area contributed by atoms with Crippen LogP contribution in [-0.4, -0.2) is 58.5 Å². The summed E-state index contributed by atoms with van der Waals surface area (Å²) in [5.41, 5.74) is 2.26. The summed E-state index contributed by atoms with van der Waals surface area (Å²) in [6.45, 7) is 5.76. The lowest BCUT2D eigenvalue weighted by atomic mass is 10.0. The van der Waals surface area contributed by atoms with Gasteiger partial charge < -0.3 is 4.90 Å². The number of likely N-dealkylation sites (tertiary alicyclic amines) is 1. The van der Waals surface area contributed by atoms with Crippen LogP contribution in [0.15, 0.2) is 41.2 Å². The van der Waals surface area contributed by atoms with Crippen LogP contribution >= 0.6 is 0 Å². The molecule has 0 aliphatic carbocycles. The first kappa shape index (κ1) is 21.8. The van der Waals surface area contributed by atoms with E-state index in [1.165, 1.54) is 5.56 Å². The Morgan fingerprint density at radius 1 is 1.19 bits per heavy atom. The largest absolute Gasteiger partial charge is 0.344 e. The fourth-order valence-electron chi connectivity index (χ4n) is 4.87. The molecule has 2 aromatic rings. The predicted molar refractivity (Wildman–Crippen MR) is 122 cm³/mol. The molecule has 166 valence electrons. The average molecular weight is 423 g/mol. The molecule has 1 saturated heterocycles. The van der Waals surface area contributed by atoms with Crippen molar-refractivity contribution in [1.82, 2.24) is 19.4 Å². The normalized spacial score (nSPS) is 20.1. The third kappa shape index (κ3) is 5.24. The molecule has 2 unspecified atom stereocenters. The summed E-state index contributed by atoms with van der Waals surface area (Å²) >= 11 is 0. The lowest BCUT2D eigenvalue weighted by molar-refractivity contribution is -0.131. The van der Waals surface area contributed by atoms with Crippen molar-refractivity contribution in [2.75, 3.05) is 33.2 Å². The second kappa shape index (κ2) is 9.77. The van der Waals surface area contributed by atoms with Gasteiger partial charge in [0, 0.05) is 45.1 Å². The van der Waals surface area contributed by atoms with Crippen LogP contribution in [-0.2, 0) is 17.8 Å². The first-order valence-electron chi connectivity index (χ1n) is 11.6. The molecule has 6 heteroatoms. The standard InChI is InChI=1S/C25H34N4O2/c1-19(20-9-5-3-6-10-20)16-27(2)25(31)18-28-14-12-21(17-28)22-15-24(30)29-13-8-4-7-11-23(29)26-22/h3,5-6,9-10,15,19,21H,4,7-8,11-14,16-18H2,1-2H3. The quantitative estimate of drug-likeness (QED) is 0.718. The van der Waals surface area contributed by atoms with Crippen LogP contribution in [0.2, 0.25) is 0 Å². The van der Waals surface area contributed by atoms with Gasteiger partial charge in [-0.2, -0.15) is 0 Å². The van der Waals surface area contributed by atoms with Gasteiger partial charge in [-0.25, -0.2) is 4.98 Å². The maximum Gasteiger partial charge on any atom is 0.253 e. The first-order valence-corrected chi connectivity index (χ1v) is 11.6. The Morgan fingerprint density at radius 3 is 2.81 bits per heavy atom. The van der Waals surface area contributed by atoms with Crippen LogP contribution in [0.25, 0.3) is 0 Å². The number of aromatic nitrogens is 2. The zero-order valence-electron chi connectivity index (χ0n) is 18.8. The summed E-state index contributed by atoms with van der Waals surface area (Å²) in [5.74, 6) is 1.64. The third-order valence-corrected chi connectivity index (χ3v) is 6.78. The monoisotopic (exact) mass is 422 g/mol. The van der Waals surface area contributed by atoms with E-state index < -0.39 is 0 Å². The number of aryl methyl sites for hydroxylation is 1. The van der Waals surface area contributed by atoms with Gasteiger partial charge >= 0.3 is 0 Å². The lowest BCUT2D eigenvalue weighted by Gasteiger charge is -2.24. The molecule has 0 bridgehead atoms. The van der Waals surface area contributed by atoms with Gasteiger partial charge in [0.2, 0.25) is 5.91 Å². The van der Waals surface area contributed by atoms with Crippen molar-refractivity contribution in [2.24, 2.45) is 0 Å². The number of hydrogen-bond acceptors (Lipinski definition) is 4. The minimum absolute atomic E-state index is 0.0889. The van der Waals surface area contributed by atoms with Crippen molar-refractivity contribution in [3.8, 4) is 0 Å². The summed E-state index contributed by atoms with van der Waals surface area (Å²) in [5, 5.41) is 0. The smallest absolute Gasteiger partial charge is 0.253 e. The van der Waals surface area contributed by atoms with Crippen LogP contribution in [0.5, 0.6) is 0 Å². The van der Waals surface area contributed by atoms with E-state index in [-0.39, 0.29) is 17.4 Å². The van der Waals surface area contributed by atoms with Crippen LogP contribution in [0.1, 0.15) is 61.5 Å². The van der Waals surface area contributed by atoms with Crippen molar-refractivity contribution in [3.63, 3.8) is 0 Å².